The van der Waals surface area contributed by atoms with Crippen LogP contribution in [0.1, 0.15) is 17.0 Å². The number of fused-ring (bicyclic) bond motifs is 1. The minimum Gasteiger partial charge on any atom is -0.330 e. The van der Waals surface area contributed by atoms with Gasteiger partial charge >= 0.3 is 0 Å². The number of nitrogens with zero attached hydrogens (tertiary/aromatic N) is 2. The number of nitrogens with two attached hydrogens (primary N) is 1. The molecule has 2 aromatic heterocycles. The van der Waals surface area contributed by atoms with Crippen molar-refractivity contribution in [1.29, 1.82) is 0 Å². The molecule has 2 N–H and O–H groups in total. The molecule has 3 heteroatoms. The van der Waals surface area contributed by atoms with E-state index in [1.807, 2.05) is 6.20 Å². The first-order valence-corrected chi connectivity index (χ1v) is 6.93. The Labute approximate surface area is 119 Å². The zero-order valence-electron chi connectivity index (χ0n) is 11.9. The molecule has 0 fully saturated rings. The Morgan fingerprint density at radius 1 is 1.10 bits per heavy atom. The number of benzene rings is 1. The summed E-state index contributed by atoms with van der Waals surface area (Å²) in [5, 5.41) is 0. The predicted octanol–water partition coefficient (Wildman–Crippen LogP) is 3.12. The molecule has 0 unspecified atom stereocenters. The van der Waals surface area contributed by atoms with E-state index in [2.05, 4.69) is 59.6 Å². The minimum atomic E-state index is 0.611. The zero-order valence-corrected chi connectivity index (χ0v) is 11.9. The second-order valence-electron chi connectivity index (χ2n) is 5.26. The lowest BCUT2D eigenvalue weighted by molar-refractivity contribution is 0.866. The van der Waals surface area contributed by atoms with Gasteiger partial charge in [0.2, 0.25) is 0 Å². The van der Waals surface area contributed by atoms with Crippen molar-refractivity contribution >= 4 is 5.52 Å². The monoisotopic (exact) mass is 265 g/mol. The quantitative estimate of drug-likeness (QED) is 0.790. The number of pyridine rings is 1. The first kappa shape index (κ1) is 12.9. The highest BCUT2D eigenvalue weighted by Gasteiger charge is 2.09. The Kier molecular flexibility index (Phi) is 3.28. The van der Waals surface area contributed by atoms with E-state index in [9.17, 15) is 0 Å². The van der Waals surface area contributed by atoms with E-state index in [1.165, 1.54) is 22.4 Å². The molecule has 1 aromatic carbocycles. The Bertz CT molecular complexity index is 736. The number of hydrogen-bond donors (Lipinski definition) is 1. The molecular formula is C17H19N3. The molecule has 0 amide bonds. The molecule has 2 heterocycles. The summed E-state index contributed by atoms with van der Waals surface area (Å²) in [4.78, 5) is 4.50. The molecule has 0 spiro atoms. The minimum absolute atomic E-state index is 0.611. The normalized spacial score (nSPS) is 11.2. The van der Waals surface area contributed by atoms with Gasteiger partial charge < -0.3 is 5.73 Å². The van der Waals surface area contributed by atoms with Crippen LogP contribution in [0.15, 0.2) is 42.6 Å². The summed E-state index contributed by atoms with van der Waals surface area (Å²) in [6.45, 7) is 4.87. The van der Waals surface area contributed by atoms with Gasteiger partial charge in [-0.1, -0.05) is 23.3 Å². The van der Waals surface area contributed by atoms with Crippen LogP contribution in [0.4, 0.5) is 0 Å². The Balaban J connectivity index is 2.26. The Hall–Kier alpha value is -2.13. The maximum Gasteiger partial charge on any atom is 0.114 e. The van der Waals surface area contributed by atoms with E-state index in [0.29, 0.717) is 6.54 Å². The molecule has 0 atom stereocenters. The highest BCUT2D eigenvalue weighted by atomic mass is 15.0. The summed E-state index contributed by atoms with van der Waals surface area (Å²) < 4.78 is 2.21. The molecule has 3 nitrogen and oxygen atoms in total. The molecular weight excluding hydrogens is 246 g/mol. The first-order valence-electron chi connectivity index (χ1n) is 6.93. The van der Waals surface area contributed by atoms with Crippen LogP contribution in [-0.4, -0.2) is 15.9 Å². The fourth-order valence-corrected chi connectivity index (χ4v) is 2.77. The largest absolute Gasteiger partial charge is 0.330 e. The van der Waals surface area contributed by atoms with Crippen LogP contribution in [-0.2, 0) is 6.42 Å². The molecule has 0 aliphatic carbocycles. The molecule has 0 aliphatic heterocycles. The lowest BCUT2D eigenvalue weighted by atomic mass is 10.0. The van der Waals surface area contributed by atoms with Crippen molar-refractivity contribution in [2.24, 2.45) is 5.73 Å². The van der Waals surface area contributed by atoms with Crippen molar-refractivity contribution in [1.82, 2.24) is 9.38 Å². The van der Waals surface area contributed by atoms with Gasteiger partial charge in [-0.05, 0) is 50.2 Å². The maximum absolute atomic E-state index is 5.69. The molecule has 0 radical (unpaired) electrons. The van der Waals surface area contributed by atoms with Gasteiger partial charge in [-0.15, -0.1) is 0 Å². The number of imidazole rings is 1. The highest BCUT2D eigenvalue weighted by Crippen LogP contribution is 2.24. The van der Waals surface area contributed by atoms with E-state index < -0.39 is 0 Å². The number of aromatic nitrogens is 2. The van der Waals surface area contributed by atoms with Gasteiger partial charge in [-0.25, -0.2) is 4.98 Å². The summed E-state index contributed by atoms with van der Waals surface area (Å²) in [5.41, 5.74) is 11.8. The number of hydrogen-bond acceptors (Lipinski definition) is 2. The third kappa shape index (κ3) is 2.21. The van der Waals surface area contributed by atoms with Crippen molar-refractivity contribution < 1.29 is 0 Å². The molecule has 0 bridgehead atoms. The van der Waals surface area contributed by atoms with Crippen LogP contribution in [0, 0.1) is 13.8 Å². The lowest BCUT2D eigenvalue weighted by Crippen LogP contribution is -2.07. The van der Waals surface area contributed by atoms with Crippen LogP contribution in [0.25, 0.3) is 16.8 Å². The molecule has 102 valence electrons. The van der Waals surface area contributed by atoms with Crippen molar-refractivity contribution in [2.75, 3.05) is 6.54 Å². The lowest BCUT2D eigenvalue weighted by Gasteiger charge is -2.10. The summed E-state index contributed by atoms with van der Waals surface area (Å²) in [6.07, 6.45) is 2.70. The van der Waals surface area contributed by atoms with E-state index in [0.717, 1.165) is 17.8 Å². The molecule has 3 aromatic rings. The third-order valence-corrected chi connectivity index (χ3v) is 3.51. The standard InChI is InChI=1S/C17H19N3/c1-12-8-13(2)10-14(9-12)16-5-3-4-15-11-19-17(6-7-18)20(15)16/h3-5,8-11H,6-7,18H2,1-2H3. The molecule has 0 aliphatic rings. The summed E-state index contributed by atoms with van der Waals surface area (Å²) in [7, 11) is 0. The zero-order chi connectivity index (χ0) is 14.1. The topological polar surface area (TPSA) is 43.3 Å². The smallest absolute Gasteiger partial charge is 0.114 e. The first-order chi connectivity index (χ1) is 9.69. The summed E-state index contributed by atoms with van der Waals surface area (Å²) in [6, 6.07) is 12.9. The van der Waals surface area contributed by atoms with Gasteiger partial charge in [0.1, 0.15) is 5.82 Å². The third-order valence-electron chi connectivity index (χ3n) is 3.51. The van der Waals surface area contributed by atoms with E-state index in [4.69, 9.17) is 5.73 Å². The predicted molar refractivity (Wildman–Crippen MR) is 82.9 cm³/mol. The summed E-state index contributed by atoms with van der Waals surface area (Å²) >= 11 is 0. The second-order valence-corrected chi connectivity index (χ2v) is 5.26. The molecule has 0 saturated heterocycles. The Morgan fingerprint density at radius 3 is 2.55 bits per heavy atom. The van der Waals surface area contributed by atoms with Gasteiger partial charge in [-0.2, -0.15) is 0 Å². The fraction of sp³-hybridized carbons (Fsp3) is 0.235. The van der Waals surface area contributed by atoms with Crippen molar-refractivity contribution in [3.05, 3.63) is 59.5 Å². The van der Waals surface area contributed by atoms with E-state index in [-0.39, 0.29) is 0 Å². The number of aryl methyl sites for hydroxylation is 2. The van der Waals surface area contributed by atoms with Gasteiger partial charge in [0.25, 0.3) is 0 Å². The average Bonchev–Trinajstić information content (AvgIpc) is 2.81. The van der Waals surface area contributed by atoms with Gasteiger partial charge in [0.15, 0.2) is 0 Å². The second kappa shape index (κ2) is 5.10. The maximum atomic E-state index is 5.69. The SMILES string of the molecule is Cc1cc(C)cc(-c2cccc3cnc(CCN)n23)c1. The van der Waals surface area contributed by atoms with E-state index in [1.54, 1.807) is 0 Å². The van der Waals surface area contributed by atoms with Crippen molar-refractivity contribution in [3.63, 3.8) is 0 Å². The number of rotatable bonds is 3. The van der Waals surface area contributed by atoms with Crippen LogP contribution in [0.3, 0.4) is 0 Å². The highest BCUT2D eigenvalue weighted by molar-refractivity contribution is 5.66. The van der Waals surface area contributed by atoms with Crippen molar-refractivity contribution in [2.45, 2.75) is 20.3 Å². The van der Waals surface area contributed by atoms with E-state index >= 15 is 0 Å². The average molecular weight is 265 g/mol. The van der Waals surface area contributed by atoms with Gasteiger partial charge in [-0.3, -0.25) is 4.40 Å². The van der Waals surface area contributed by atoms with Gasteiger partial charge in [0.05, 0.1) is 17.4 Å². The molecule has 20 heavy (non-hydrogen) atoms. The van der Waals surface area contributed by atoms with Crippen molar-refractivity contribution in [3.8, 4) is 11.3 Å². The fourth-order valence-electron chi connectivity index (χ4n) is 2.77. The Morgan fingerprint density at radius 2 is 1.85 bits per heavy atom. The van der Waals surface area contributed by atoms with Gasteiger partial charge in [0, 0.05) is 6.42 Å². The summed E-state index contributed by atoms with van der Waals surface area (Å²) in [5.74, 6) is 1.03. The van der Waals surface area contributed by atoms with Crippen LogP contribution >= 0.6 is 0 Å². The van der Waals surface area contributed by atoms with Crippen LogP contribution in [0.2, 0.25) is 0 Å². The molecule has 3 rings (SSSR count). The molecule has 0 saturated carbocycles. The van der Waals surface area contributed by atoms with Crippen LogP contribution < -0.4 is 5.73 Å². The van der Waals surface area contributed by atoms with Crippen LogP contribution in [0.5, 0.6) is 0 Å².